The average Bonchev–Trinajstić information content (AvgIpc) is 2.70. The van der Waals surface area contributed by atoms with Crippen LogP contribution in [0.15, 0.2) is 24.3 Å². The molecule has 0 aliphatic carbocycles. The maximum atomic E-state index is 11.9. The van der Waals surface area contributed by atoms with Gasteiger partial charge in [0.15, 0.2) is 6.10 Å². The molecule has 1 aromatic carbocycles. The molecule has 0 aromatic heterocycles. The topological polar surface area (TPSA) is 50.4 Å². The molecule has 4 nitrogen and oxygen atoms in total. The van der Waals surface area contributed by atoms with Crippen LogP contribution in [0, 0.1) is 5.92 Å². The molecular weight excluding hydrogens is 252 g/mol. The summed E-state index contributed by atoms with van der Waals surface area (Å²) in [6.45, 7) is 2.76. The zero-order chi connectivity index (χ0) is 11.7. The molecule has 2 heterocycles. The summed E-state index contributed by atoms with van der Waals surface area (Å²) >= 11 is 0. The number of benzene rings is 1. The van der Waals surface area contributed by atoms with Gasteiger partial charge in [-0.2, -0.15) is 0 Å². The van der Waals surface area contributed by atoms with Crippen LogP contribution in [0.5, 0.6) is 5.75 Å². The van der Waals surface area contributed by atoms with E-state index in [1.54, 1.807) is 0 Å². The molecule has 2 aliphatic rings. The van der Waals surface area contributed by atoms with Crippen LogP contribution in [0.4, 0.5) is 0 Å². The van der Waals surface area contributed by atoms with Gasteiger partial charge >= 0.3 is 0 Å². The Labute approximate surface area is 113 Å². The minimum absolute atomic E-state index is 0. The van der Waals surface area contributed by atoms with Crippen molar-refractivity contribution in [2.45, 2.75) is 12.5 Å². The average molecular weight is 269 g/mol. The van der Waals surface area contributed by atoms with Gasteiger partial charge in [-0.05, 0) is 11.6 Å². The highest BCUT2D eigenvalue weighted by molar-refractivity contribution is 5.85. The number of fused-ring (bicyclic) bond motifs is 1. The molecular formula is C13H17ClN2O2. The Morgan fingerprint density at radius 3 is 2.83 bits per heavy atom. The molecule has 1 amide bonds. The van der Waals surface area contributed by atoms with Crippen LogP contribution in [-0.4, -0.2) is 31.6 Å². The molecule has 2 N–H and O–H groups in total. The Morgan fingerprint density at radius 1 is 1.39 bits per heavy atom. The second kappa shape index (κ2) is 5.59. The summed E-state index contributed by atoms with van der Waals surface area (Å²) in [5.41, 5.74) is 1.12. The molecule has 2 aliphatic heterocycles. The maximum absolute atomic E-state index is 11.9. The SMILES string of the molecule is Cl.O=C(NCC1CNC1)C1Cc2ccccc2O1. The number of halogens is 1. The maximum Gasteiger partial charge on any atom is 0.261 e. The van der Waals surface area contributed by atoms with Crippen molar-refractivity contribution < 1.29 is 9.53 Å². The highest BCUT2D eigenvalue weighted by Gasteiger charge is 2.29. The molecule has 3 rings (SSSR count). The number of ether oxygens (including phenoxy) is 1. The smallest absolute Gasteiger partial charge is 0.261 e. The van der Waals surface area contributed by atoms with Gasteiger partial charge in [-0.15, -0.1) is 12.4 Å². The zero-order valence-corrected chi connectivity index (χ0v) is 10.8. The number of nitrogens with one attached hydrogen (secondary N) is 2. The lowest BCUT2D eigenvalue weighted by atomic mass is 10.0. The largest absolute Gasteiger partial charge is 0.480 e. The van der Waals surface area contributed by atoms with Gasteiger partial charge < -0.3 is 15.4 Å². The first-order valence-electron chi connectivity index (χ1n) is 6.06. The highest BCUT2D eigenvalue weighted by Crippen LogP contribution is 2.28. The van der Waals surface area contributed by atoms with Gasteiger partial charge in [0.05, 0.1) is 0 Å². The molecule has 1 aromatic rings. The lowest BCUT2D eigenvalue weighted by molar-refractivity contribution is -0.127. The molecule has 0 radical (unpaired) electrons. The Hall–Kier alpha value is -1.26. The van der Waals surface area contributed by atoms with Gasteiger partial charge in [-0.1, -0.05) is 18.2 Å². The second-order valence-electron chi connectivity index (χ2n) is 4.69. The van der Waals surface area contributed by atoms with Crippen molar-refractivity contribution in [1.82, 2.24) is 10.6 Å². The fourth-order valence-corrected chi connectivity index (χ4v) is 2.18. The lowest BCUT2D eigenvalue weighted by Crippen LogP contribution is -2.50. The van der Waals surface area contributed by atoms with Crippen LogP contribution in [-0.2, 0) is 11.2 Å². The number of para-hydroxylation sites is 1. The van der Waals surface area contributed by atoms with E-state index in [9.17, 15) is 4.79 Å². The third-order valence-electron chi connectivity index (χ3n) is 3.37. The fraction of sp³-hybridized carbons (Fsp3) is 0.462. The Balaban J connectivity index is 0.00000120. The van der Waals surface area contributed by atoms with Crippen LogP contribution < -0.4 is 15.4 Å². The molecule has 18 heavy (non-hydrogen) atoms. The second-order valence-corrected chi connectivity index (χ2v) is 4.69. The summed E-state index contributed by atoms with van der Waals surface area (Å²) in [6.07, 6.45) is 0.339. The summed E-state index contributed by atoms with van der Waals surface area (Å²) in [4.78, 5) is 11.9. The molecule has 0 bridgehead atoms. The molecule has 1 unspecified atom stereocenters. The quantitative estimate of drug-likeness (QED) is 0.851. The standard InChI is InChI=1S/C13H16N2O2.ClH/c16-13(15-8-9-6-14-7-9)12-5-10-3-1-2-4-11(10)17-12;/h1-4,9,12,14H,5-8H2,(H,15,16);1H. The van der Waals surface area contributed by atoms with Gasteiger partial charge in [0.2, 0.25) is 0 Å². The van der Waals surface area contributed by atoms with Crippen molar-refractivity contribution in [3.8, 4) is 5.75 Å². The third kappa shape index (κ3) is 2.60. The van der Waals surface area contributed by atoms with E-state index < -0.39 is 0 Å². The van der Waals surface area contributed by atoms with Gasteiger partial charge in [-0.3, -0.25) is 4.79 Å². The summed E-state index contributed by atoms with van der Waals surface area (Å²) in [6, 6.07) is 7.83. The summed E-state index contributed by atoms with van der Waals surface area (Å²) in [5.74, 6) is 1.44. The van der Waals surface area contributed by atoms with Crippen molar-refractivity contribution in [3.63, 3.8) is 0 Å². The van der Waals surface area contributed by atoms with E-state index in [-0.39, 0.29) is 24.4 Å². The molecule has 5 heteroatoms. The van der Waals surface area contributed by atoms with E-state index in [0.717, 1.165) is 30.9 Å². The Morgan fingerprint density at radius 2 is 2.17 bits per heavy atom. The number of carbonyl (C=O) groups excluding carboxylic acids is 1. The minimum Gasteiger partial charge on any atom is -0.480 e. The Bertz CT molecular complexity index is 410. The molecule has 1 atom stereocenters. The van der Waals surface area contributed by atoms with Crippen molar-refractivity contribution in [1.29, 1.82) is 0 Å². The van der Waals surface area contributed by atoms with Crippen molar-refractivity contribution in [2.75, 3.05) is 19.6 Å². The number of carbonyl (C=O) groups is 1. The first-order chi connectivity index (χ1) is 8.33. The van der Waals surface area contributed by atoms with E-state index in [1.807, 2.05) is 24.3 Å². The van der Waals surface area contributed by atoms with Gasteiger partial charge in [-0.25, -0.2) is 0 Å². The van der Waals surface area contributed by atoms with E-state index in [2.05, 4.69) is 10.6 Å². The first kappa shape index (κ1) is 13.2. The predicted molar refractivity (Wildman–Crippen MR) is 71.2 cm³/mol. The zero-order valence-electron chi connectivity index (χ0n) is 10.0. The fourth-order valence-electron chi connectivity index (χ4n) is 2.18. The third-order valence-corrected chi connectivity index (χ3v) is 3.37. The molecule has 0 spiro atoms. The van der Waals surface area contributed by atoms with Crippen molar-refractivity contribution in [3.05, 3.63) is 29.8 Å². The molecule has 0 saturated carbocycles. The van der Waals surface area contributed by atoms with E-state index >= 15 is 0 Å². The number of amides is 1. The number of hydrogen-bond acceptors (Lipinski definition) is 3. The van der Waals surface area contributed by atoms with E-state index in [0.29, 0.717) is 12.3 Å². The van der Waals surface area contributed by atoms with E-state index in [4.69, 9.17) is 4.74 Å². The normalized spacial score (nSPS) is 21.2. The monoisotopic (exact) mass is 268 g/mol. The van der Waals surface area contributed by atoms with Crippen molar-refractivity contribution >= 4 is 18.3 Å². The first-order valence-corrected chi connectivity index (χ1v) is 6.06. The highest BCUT2D eigenvalue weighted by atomic mass is 35.5. The van der Waals surface area contributed by atoms with Gasteiger partial charge in [0.25, 0.3) is 5.91 Å². The predicted octanol–water partition coefficient (Wildman–Crippen LogP) is 0.747. The van der Waals surface area contributed by atoms with E-state index in [1.165, 1.54) is 0 Å². The summed E-state index contributed by atoms with van der Waals surface area (Å²) in [5, 5.41) is 6.14. The molecule has 1 saturated heterocycles. The summed E-state index contributed by atoms with van der Waals surface area (Å²) < 4.78 is 5.62. The van der Waals surface area contributed by atoms with Crippen LogP contribution in [0.1, 0.15) is 5.56 Å². The molecule has 98 valence electrons. The van der Waals surface area contributed by atoms with Crippen LogP contribution in [0.2, 0.25) is 0 Å². The lowest BCUT2D eigenvalue weighted by Gasteiger charge is -2.27. The minimum atomic E-state index is -0.347. The van der Waals surface area contributed by atoms with Crippen molar-refractivity contribution in [2.24, 2.45) is 5.92 Å². The van der Waals surface area contributed by atoms with Crippen LogP contribution in [0.3, 0.4) is 0 Å². The summed E-state index contributed by atoms with van der Waals surface area (Å²) in [7, 11) is 0. The Kier molecular flexibility index (Phi) is 4.09. The molecule has 1 fully saturated rings. The van der Waals surface area contributed by atoms with Gasteiger partial charge in [0, 0.05) is 32.0 Å². The van der Waals surface area contributed by atoms with Gasteiger partial charge in [0.1, 0.15) is 5.75 Å². The number of rotatable bonds is 3. The van der Waals surface area contributed by atoms with Crippen LogP contribution in [0.25, 0.3) is 0 Å². The van der Waals surface area contributed by atoms with Crippen LogP contribution >= 0.6 is 12.4 Å². The number of hydrogen-bond donors (Lipinski definition) is 2.